The minimum absolute atomic E-state index is 0.0759. The van der Waals surface area contributed by atoms with Crippen molar-refractivity contribution in [3.05, 3.63) is 0 Å². The largest absolute Gasteiger partial charge is 0.466 e. The van der Waals surface area contributed by atoms with E-state index in [1.807, 2.05) is 6.92 Å². The summed E-state index contributed by atoms with van der Waals surface area (Å²) in [5.41, 5.74) is 0. The third-order valence-corrected chi connectivity index (χ3v) is 2.32. The molecule has 1 aliphatic heterocycles. The monoisotopic (exact) mass is 186 g/mol. The molecule has 1 heterocycles. The molecule has 0 radical (unpaired) electrons. The Balaban J connectivity index is 2.06. The molecule has 0 aliphatic carbocycles. The zero-order valence-corrected chi connectivity index (χ0v) is 8.25. The van der Waals surface area contributed by atoms with Crippen LogP contribution in [0.15, 0.2) is 0 Å². The highest BCUT2D eigenvalue weighted by Gasteiger charge is 2.15. The number of ether oxygens (including phenoxy) is 2. The summed E-state index contributed by atoms with van der Waals surface area (Å²) in [4.78, 5) is 11.0. The molecule has 1 unspecified atom stereocenters. The van der Waals surface area contributed by atoms with Gasteiger partial charge in [0, 0.05) is 19.6 Å². The van der Waals surface area contributed by atoms with E-state index in [0.29, 0.717) is 18.9 Å². The minimum atomic E-state index is -0.0759. The number of esters is 1. The Bertz CT molecular complexity index is 150. The van der Waals surface area contributed by atoms with Crippen LogP contribution >= 0.6 is 0 Å². The smallest absolute Gasteiger partial charge is 0.305 e. The lowest BCUT2D eigenvalue weighted by molar-refractivity contribution is -0.143. The zero-order valence-electron chi connectivity index (χ0n) is 8.25. The molecule has 1 fully saturated rings. The average Bonchev–Trinajstić information content (AvgIpc) is 2.17. The second kappa shape index (κ2) is 5.97. The molecule has 0 spiro atoms. The van der Waals surface area contributed by atoms with E-state index in [9.17, 15) is 4.79 Å². The number of hydrogen-bond donors (Lipinski definition) is 0. The Kier molecular flexibility index (Phi) is 4.83. The fraction of sp³-hybridized carbons (Fsp3) is 0.900. The summed E-state index contributed by atoms with van der Waals surface area (Å²) >= 11 is 0. The second-order valence-electron chi connectivity index (χ2n) is 3.43. The van der Waals surface area contributed by atoms with Crippen molar-refractivity contribution in [2.75, 3.05) is 19.8 Å². The lowest BCUT2D eigenvalue weighted by Gasteiger charge is -2.21. The Labute approximate surface area is 79.4 Å². The van der Waals surface area contributed by atoms with Crippen molar-refractivity contribution < 1.29 is 14.3 Å². The molecule has 1 rings (SSSR count). The lowest BCUT2D eigenvalue weighted by atomic mass is 9.97. The Morgan fingerprint density at radius 1 is 1.62 bits per heavy atom. The van der Waals surface area contributed by atoms with Crippen molar-refractivity contribution in [3.63, 3.8) is 0 Å². The average molecular weight is 186 g/mol. The first-order valence-electron chi connectivity index (χ1n) is 5.06. The van der Waals surface area contributed by atoms with E-state index in [1.165, 1.54) is 6.42 Å². The summed E-state index contributed by atoms with van der Waals surface area (Å²) in [6, 6.07) is 0. The summed E-state index contributed by atoms with van der Waals surface area (Å²) in [6.45, 7) is 4.02. The Morgan fingerprint density at radius 2 is 2.46 bits per heavy atom. The summed E-state index contributed by atoms with van der Waals surface area (Å²) in [6.07, 6.45) is 3.79. The van der Waals surface area contributed by atoms with Gasteiger partial charge in [0.15, 0.2) is 0 Å². The molecular formula is C10H18O3. The maximum absolute atomic E-state index is 11.0. The van der Waals surface area contributed by atoms with E-state index in [0.717, 1.165) is 26.1 Å². The number of carbonyl (C=O) groups excluding carboxylic acids is 1. The predicted molar refractivity (Wildman–Crippen MR) is 49.4 cm³/mol. The van der Waals surface area contributed by atoms with Crippen LogP contribution in [0.3, 0.4) is 0 Å². The first-order valence-corrected chi connectivity index (χ1v) is 5.06. The van der Waals surface area contributed by atoms with Gasteiger partial charge in [0.2, 0.25) is 0 Å². The molecule has 0 bridgehead atoms. The predicted octanol–water partition coefficient (Wildman–Crippen LogP) is 1.76. The first kappa shape index (κ1) is 10.5. The standard InChI is InChI=1S/C10H18O3/c1-2-13-10(11)6-5-9-4-3-7-12-8-9/h9H,2-8H2,1H3. The fourth-order valence-corrected chi connectivity index (χ4v) is 1.59. The van der Waals surface area contributed by atoms with Gasteiger partial charge in [0.1, 0.15) is 0 Å². The van der Waals surface area contributed by atoms with Crippen molar-refractivity contribution in [1.29, 1.82) is 0 Å². The van der Waals surface area contributed by atoms with Crippen LogP contribution in [0.1, 0.15) is 32.6 Å². The molecule has 1 saturated heterocycles. The van der Waals surface area contributed by atoms with Gasteiger partial charge < -0.3 is 9.47 Å². The normalized spacial score (nSPS) is 22.7. The molecule has 0 N–H and O–H groups in total. The number of carbonyl (C=O) groups is 1. The first-order chi connectivity index (χ1) is 6.33. The summed E-state index contributed by atoms with van der Waals surface area (Å²) < 4.78 is 10.2. The van der Waals surface area contributed by atoms with E-state index < -0.39 is 0 Å². The molecule has 0 aromatic rings. The van der Waals surface area contributed by atoms with Gasteiger partial charge in [-0.1, -0.05) is 0 Å². The summed E-state index contributed by atoms with van der Waals surface area (Å²) in [5.74, 6) is 0.492. The van der Waals surface area contributed by atoms with Crippen molar-refractivity contribution in [2.24, 2.45) is 5.92 Å². The van der Waals surface area contributed by atoms with E-state index in [4.69, 9.17) is 9.47 Å². The van der Waals surface area contributed by atoms with E-state index in [1.54, 1.807) is 0 Å². The molecular weight excluding hydrogens is 168 g/mol. The molecule has 0 aromatic heterocycles. The SMILES string of the molecule is CCOC(=O)CCC1CCCOC1. The quantitative estimate of drug-likeness (QED) is 0.627. The molecule has 76 valence electrons. The lowest BCUT2D eigenvalue weighted by Crippen LogP contribution is -2.18. The van der Waals surface area contributed by atoms with Crippen molar-refractivity contribution in [1.82, 2.24) is 0 Å². The van der Waals surface area contributed by atoms with Gasteiger partial charge >= 0.3 is 5.97 Å². The van der Waals surface area contributed by atoms with Crippen LogP contribution in [0.25, 0.3) is 0 Å². The van der Waals surface area contributed by atoms with Gasteiger partial charge in [-0.25, -0.2) is 0 Å². The minimum Gasteiger partial charge on any atom is -0.466 e. The third kappa shape index (κ3) is 4.27. The van der Waals surface area contributed by atoms with Gasteiger partial charge in [0.25, 0.3) is 0 Å². The zero-order chi connectivity index (χ0) is 9.52. The van der Waals surface area contributed by atoms with Crippen LogP contribution in [-0.4, -0.2) is 25.8 Å². The topological polar surface area (TPSA) is 35.5 Å². The summed E-state index contributed by atoms with van der Waals surface area (Å²) in [5, 5.41) is 0. The molecule has 3 nitrogen and oxygen atoms in total. The summed E-state index contributed by atoms with van der Waals surface area (Å²) in [7, 11) is 0. The molecule has 3 heteroatoms. The maximum atomic E-state index is 11.0. The highest BCUT2D eigenvalue weighted by atomic mass is 16.5. The van der Waals surface area contributed by atoms with Gasteiger partial charge in [-0.15, -0.1) is 0 Å². The molecule has 13 heavy (non-hydrogen) atoms. The van der Waals surface area contributed by atoms with Crippen LogP contribution in [0.2, 0.25) is 0 Å². The number of hydrogen-bond acceptors (Lipinski definition) is 3. The van der Waals surface area contributed by atoms with Crippen LogP contribution in [0, 0.1) is 5.92 Å². The van der Waals surface area contributed by atoms with Gasteiger partial charge in [-0.3, -0.25) is 4.79 Å². The molecule has 1 atom stereocenters. The van der Waals surface area contributed by atoms with Crippen LogP contribution in [0.4, 0.5) is 0 Å². The van der Waals surface area contributed by atoms with E-state index >= 15 is 0 Å². The molecule has 1 aliphatic rings. The fourth-order valence-electron chi connectivity index (χ4n) is 1.59. The van der Waals surface area contributed by atoms with E-state index in [-0.39, 0.29) is 5.97 Å². The van der Waals surface area contributed by atoms with Crippen molar-refractivity contribution in [2.45, 2.75) is 32.6 Å². The van der Waals surface area contributed by atoms with Crippen molar-refractivity contribution >= 4 is 5.97 Å². The van der Waals surface area contributed by atoms with Crippen LogP contribution in [0.5, 0.6) is 0 Å². The van der Waals surface area contributed by atoms with Crippen LogP contribution < -0.4 is 0 Å². The van der Waals surface area contributed by atoms with Crippen LogP contribution in [-0.2, 0) is 14.3 Å². The molecule has 0 amide bonds. The maximum Gasteiger partial charge on any atom is 0.305 e. The van der Waals surface area contributed by atoms with Gasteiger partial charge in [0.05, 0.1) is 6.61 Å². The third-order valence-electron chi connectivity index (χ3n) is 2.32. The van der Waals surface area contributed by atoms with E-state index in [2.05, 4.69) is 0 Å². The van der Waals surface area contributed by atoms with Gasteiger partial charge in [-0.05, 0) is 32.1 Å². The number of rotatable bonds is 4. The van der Waals surface area contributed by atoms with Crippen molar-refractivity contribution in [3.8, 4) is 0 Å². The highest BCUT2D eigenvalue weighted by molar-refractivity contribution is 5.69. The molecule has 0 aromatic carbocycles. The second-order valence-corrected chi connectivity index (χ2v) is 3.43. The molecule has 0 saturated carbocycles. The van der Waals surface area contributed by atoms with Gasteiger partial charge in [-0.2, -0.15) is 0 Å². The Morgan fingerprint density at radius 3 is 3.08 bits per heavy atom. The Hall–Kier alpha value is -0.570. The highest BCUT2D eigenvalue weighted by Crippen LogP contribution is 2.18.